The second kappa shape index (κ2) is 8.42. The van der Waals surface area contributed by atoms with Gasteiger partial charge in [-0.2, -0.15) is 0 Å². The third kappa shape index (κ3) is 4.56. The maximum absolute atomic E-state index is 12.5. The van der Waals surface area contributed by atoms with Crippen molar-refractivity contribution in [3.63, 3.8) is 0 Å². The molecule has 2 aromatic rings. The lowest BCUT2D eigenvalue weighted by Crippen LogP contribution is -2.45. The fourth-order valence-corrected chi connectivity index (χ4v) is 2.93. The van der Waals surface area contributed by atoms with Crippen LogP contribution >= 0.6 is 0 Å². The average molecular weight is 353 g/mol. The molecule has 2 heterocycles. The first-order valence-corrected chi connectivity index (χ1v) is 8.88. The van der Waals surface area contributed by atoms with Crippen LogP contribution in [0.25, 0.3) is 0 Å². The van der Waals surface area contributed by atoms with Gasteiger partial charge in [-0.05, 0) is 37.1 Å². The van der Waals surface area contributed by atoms with E-state index in [0.717, 1.165) is 31.9 Å². The minimum absolute atomic E-state index is 0.0712. The fraction of sp³-hybridized carbons (Fsp3) is 0.368. The molecular weight excluding hydrogens is 330 g/mol. The van der Waals surface area contributed by atoms with Crippen LogP contribution in [0.5, 0.6) is 0 Å². The van der Waals surface area contributed by atoms with E-state index in [1.54, 1.807) is 49.6 Å². The van der Waals surface area contributed by atoms with Gasteiger partial charge in [-0.25, -0.2) is 9.97 Å². The van der Waals surface area contributed by atoms with Gasteiger partial charge in [0.05, 0.1) is 0 Å². The molecular formula is C19H23N5O2. The van der Waals surface area contributed by atoms with Gasteiger partial charge in [0, 0.05) is 49.2 Å². The van der Waals surface area contributed by atoms with Gasteiger partial charge < -0.3 is 15.5 Å². The normalized spacial score (nSPS) is 14.7. The molecule has 0 spiro atoms. The van der Waals surface area contributed by atoms with Crippen molar-refractivity contribution in [1.82, 2.24) is 15.3 Å². The predicted molar refractivity (Wildman–Crippen MR) is 100 cm³/mol. The largest absolute Gasteiger partial charge is 0.349 e. The molecule has 7 heteroatoms. The molecule has 0 aliphatic carbocycles. The molecule has 2 amide bonds. The first-order valence-electron chi connectivity index (χ1n) is 8.88. The highest BCUT2D eigenvalue weighted by Crippen LogP contribution is 2.16. The van der Waals surface area contributed by atoms with Gasteiger partial charge in [0.25, 0.3) is 5.91 Å². The van der Waals surface area contributed by atoms with Gasteiger partial charge in [-0.15, -0.1) is 0 Å². The number of nitrogens with one attached hydrogen (secondary N) is 2. The lowest BCUT2D eigenvalue weighted by atomic mass is 10.0. The van der Waals surface area contributed by atoms with Crippen LogP contribution in [0.4, 0.5) is 11.6 Å². The summed E-state index contributed by atoms with van der Waals surface area (Å²) in [5.41, 5.74) is 1.19. The van der Waals surface area contributed by atoms with Crippen molar-refractivity contribution >= 4 is 23.5 Å². The summed E-state index contributed by atoms with van der Waals surface area (Å²) in [4.78, 5) is 34.7. The number of nitrogens with zero attached hydrogens (tertiary/aromatic N) is 3. The second-order valence-electron chi connectivity index (χ2n) is 6.27. The van der Waals surface area contributed by atoms with E-state index in [1.807, 2.05) is 0 Å². The molecule has 7 nitrogen and oxygen atoms in total. The van der Waals surface area contributed by atoms with Crippen molar-refractivity contribution < 1.29 is 9.59 Å². The molecule has 1 aromatic heterocycles. The van der Waals surface area contributed by atoms with E-state index >= 15 is 0 Å². The van der Waals surface area contributed by atoms with E-state index in [1.165, 1.54) is 0 Å². The van der Waals surface area contributed by atoms with Crippen LogP contribution < -0.4 is 15.5 Å². The highest BCUT2D eigenvalue weighted by atomic mass is 16.2. The molecule has 0 bridgehead atoms. The van der Waals surface area contributed by atoms with Crippen LogP contribution in [-0.4, -0.2) is 40.9 Å². The average Bonchev–Trinajstić information content (AvgIpc) is 2.69. The van der Waals surface area contributed by atoms with E-state index in [-0.39, 0.29) is 17.9 Å². The Balaban J connectivity index is 1.54. The lowest BCUT2D eigenvalue weighted by Gasteiger charge is -2.32. The maximum Gasteiger partial charge on any atom is 0.251 e. The van der Waals surface area contributed by atoms with Crippen molar-refractivity contribution in [2.75, 3.05) is 23.3 Å². The standard InChI is InChI=1S/C19H23N5O2/c1-2-17(25)22-16-6-3-5-14(13-16)18(26)23-15-7-11-24(12-8-15)19-20-9-4-10-21-19/h3-6,9-10,13,15H,2,7-8,11-12H2,1H3,(H,22,25)(H,23,26). The van der Waals surface area contributed by atoms with E-state index in [2.05, 4.69) is 25.5 Å². The number of carbonyl (C=O) groups is 2. The van der Waals surface area contributed by atoms with Gasteiger partial charge in [-0.1, -0.05) is 13.0 Å². The summed E-state index contributed by atoms with van der Waals surface area (Å²) in [5.74, 6) is 0.543. The third-order valence-electron chi connectivity index (χ3n) is 4.39. The molecule has 1 saturated heterocycles. The summed E-state index contributed by atoms with van der Waals surface area (Å²) in [6.07, 6.45) is 5.56. The Morgan fingerprint density at radius 2 is 1.88 bits per heavy atom. The number of rotatable bonds is 5. The summed E-state index contributed by atoms with van der Waals surface area (Å²) in [6, 6.07) is 8.93. The Kier molecular flexibility index (Phi) is 5.78. The van der Waals surface area contributed by atoms with Crippen molar-refractivity contribution in [3.8, 4) is 0 Å². The van der Waals surface area contributed by atoms with Crippen LogP contribution in [0.15, 0.2) is 42.7 Å². The molecule has 0 atom stereocenters. The van der Waals surface area contributed by atoms with E-state index in [9.17, 15) is 9.59 Å². The first kappa shape index (κ1) is 17.8. The Hall–Kier alpha value is -2.96. The molecule has 1 fully saturated rings. The van der Waals surface area contributed by atoms with Crippen LogP contribution in [-0.2, 0) is 4.79 Å². The molecule has 0 unspecified atom stereocenters. The van der Waals surface area contributed by atoms with E-state index < -0.39 is 0 Å². The molecule has 136 valence electrons. The molecule has 1 aliphatic rings. The summed E-state index contributed by atoms with van der Waals surface area (Å²) >= 11 is 0. The summed E-state index contributed by atoms with van der Waals surface area (Å²) in [7, 11) is 0. The van der Waals surface area contributed by atoms with Crippen molar-refractivity contribution in [2.45, 2.75) is 32.2 Å². The highest BCUT2D eigenvalue weighted by Gasteiger charge is 2.22. The van der Waals surface area contributed by atoms with E-state index in [4.69, 9.17) is 0 Å². The number of piperidine rings is 1. The molecule has 0 saturated carbocycles. The highest BCUT2D eigenvalue weighted by molar-refractivity contribution is 5.97. The van der Waals surface area contributed by atoms with Gasteiger partial charge in [0.15, 0.2) is 0 Å². The second-order valence-corrected chi connectivity index (χ2v) is 6.27. The van der Waals surface area contributed by atoms with Crippen molar-refractivity contribution in [3.05, 3.63) is 48.3 Å². The molecule has 1 aromatic carbocycles. The monoisotopic (exact) mass is 353 g/mol. The van der Waals surface area contributed by atoms with Crippen LogP contribution in [0.3, 0.4) is 0 Å². The molecule has 2 N–H and O–H groups in total. The molecule has 0 radical (unpaired) electrons. The first-order chi connectivity index (χ1) is 12.7. The zero-order valence-electron chi connectivity index (χ0n) is 14.8. The Bertz CT molecular complexity index is 758. The summed E-state index contributed by atoms with van der Waals surface area (Å²) in [5, 5.41) is 5.86. The fourth-order valence-electron chi connectivity index (χ4n) is 2.93. The summed E-state index contributed by atoms with van der Waals surface area (Å²) < 4.78 is 0. The van der Waals surface area contributed by atoms with Crippen molar-refractivity contribution in [1.29, 1.82) is 0 Å². The predicted octanol–water partition coefficient (Wildman–Crippen LogP) is 2.22. The van der Waals surface area contributed by atoms with Gasteiger partial charge in [0.1, 0.15) is 0 Å². The quantitative estimate of drug-likeness (QED) is 0.861. The lowest BCUT2D eigenvalue weighted by molar-refractivity contribution is -0.115. The smallest absolute Gasteiger partial charge is 0.251 e. The van der Waals surface area contributed by atoms with Gasteiger partial charge in [-0.3, -0.25) is 9.59 Å². The Morgan fingerprint density at radius 3 is 2.58 bits per heavy atom. The summed E-state index contributed by atoms with van der Waals surface area (Å²) in [6.45, 7) is 3.40. The van der Waals surface area contributed by atoms with Crippen LogP contribution in [0.1, 0.15) is 36.5 Å². The number of aromatic nitrogens is 2. The SMILES string of the molecule is CCC(=O)Nc1cccc(C(=O)NC2CCN(c3ncccn3)CC2)c1. The zero-order chi connectivity index (χ0) is 18.4. The van der Waals surface area contributed by atoms with E-state index in [0.29, 0.717) is 17.7 Å². The number of hydrogen-bond acceptors (Lipinski definition) is 5. The minimum atomic E-state index is -0.119. The van der Waals surface area contributed by atoms with Crippen molar-refractivity contribution in [2.24, 2.45) is 0 Å². The molecule has 3 rings (SSSR count). The minimum Gasteiger partial charge on any atom is -0.349 e. The number of amides is 2. The Labute approximate surface area is 152 Å². The van der Waals surface area contributed by atoms with Gasteiger partial charge >= 0.3 is 0 Å². The molecule has 26 heavy (non-hydrogen) atoms. The number of carbonyl (C=O) groups excluding carboxylic acids is 2. The topological polar surface area (TPSA) is 87.2 Å². The zero-order valence-corrected chi connectivity index (χ0v) is 14.8. The Morgan fingerprint density at radius 1 is 1.15 bits per heavy atom. The molecule has 1 aliphatic heterocycles. The third-order valence-corrected chi connectivity index (χ3v) is 4.39. The number of hydrogen-bond donors (Lipinski definition) is 2. The van der Waals surface area contributed by atoms with Crippen LogP contribution in [0, 0.1) is 0 Å². The number of anilines is 2. The number of benzene rings is 1. The maximum atomic E-state index is 12.5. The van der Waals surface area contributed by atoms with Gasteiger partial charge in [0.2, 0.25) is 11.9 Å². The van der Waals surface area contributed by atoms with Crippen LogP contribution in [0.2, 0.25) is 0 Å².